The molecule has 0 unspecified atom stereocenters. The van der Waals surface area contributed by atoms with Crippen LogP contribution in [0.4, 0.5) is 0 Å². The summed E-state index contributed by atoms with van der Waals surface area (Å²) in [5.41, 5.74) is 0.297. The van der Waals surface area contributed by atoms with Gasteiger partial charge in [-0.1, -0.05) is 19.3 Å². The van der Waals surface area contributed by atoms with Gasteiger partial charge in [-0.25, -0.2) is 0 Å². The number of piperidine rings is 1. The molecule has 0 radical (unpaired) electrons. The van der Waals surface area contributed by atoms with Gasteiger partial charge in [0.25, 0.3) is 0 Å². The summed E-state index contributed by atoms with van der Waals surface area (Å²) in [5.74, 6) is 0.715. The second kappa shape index (κ2) is 12.0. The molecule has 0 aliphatic carbocycles. The molecule has 0 bridgehead atoms. The Labute approximate surface area is 211 Å². The van der Waals surface area contributed by atoms with Crippen molar-refractivity contribution in [2.75, 3.05) is 40.5 Å². The fourth-order valence-electron chi connectivity index (χ4n) is 4.67. The number of hydrogen-bond donors (Lipinski definition) is 2. The van der Waals surface area contributed by atoms with Crippen LogP contribution in [0.3, 0.4) is 0 Å². The summed E-state index contributed by atoms with van der Waals surface area (Å²) >= 11 is 0. The van der Waals surface area contributed by atoms with Gasteiger partial charge in [-0.3, -0.25) is 4.79 Å². The van der Waals surface area contributed by atoms with Crippen molar-refractivity contribution in [2.24, 2.45) is 0 Å². The lowest BCUT2D eigenvalue weighted by atomic mass is 10.1. The highest BCUT2D eigenvalue weighted by atomic mass is 16.5. The molecule has 3 aromatic rings. The Hall–Kier alpha value is -3.39. The second-order valence-corrected chi connectivity index (χ2v) is 9.18. The van der Waals surface area contributed by atoms with Gasteiger partial charge in [0.15, 0.2) is 16.9 Å². The zero-order valence-electron chi connectivity index (χ0n) is 21.0. The van der Waals surface area contributed by atoms with Crippen molar-refractivity contribution >= 4 is 11.0 Å². The lowest BCUT2D eigenvalue weighted by Crippen LogP contribution is -2.30. The second-order valence-electron chi connectivity index (χ2n) is 9.18. The van der Waals surface area contributed by atoms with Gasteiger partial charge >= 0.3 is 0 Å². The van der Waals surface area contributed by atoms with Gasteiger partial charge in [0.2, 0.25) is 5.75 Å². The summed E-state index contributed by atoms with van der Waals surface area (Å²) in [7, 11) is 2.84. The number of unbranched alkanes of at least 4 members (excludes halogenated alkanes) is 3. The molecule has 0 atom stereocenters. The summed E-state index contributed by atoms with van der Waals surface area (Å²) in [6.07, 6.45) is 8.38. The van der Waals surface area contributed by atoms with E-state index in [0.29, 0.717) is 17.9 Å². The van der Waals surface area contributed by atoms with E-state index in [-0.39, 0.29) is 39.7 Å². The smallest absolute Gasteiger partial charge is 0.200 e. The highest BCUT2D eigenvalue weighted by molar-refractivity contribution is 5.86. The normalized spacial score (nSPS) is 14.2. The molecular formula is C28H35NO7. The van der Waals surface area contributed by atoms with Crippen LogP contribution in [0, 0.1) is 0 Å². The number of nitrogens with zero attached hydrogens (tertiary/aromatic N) is 1. The van der Waals surface area contributed by atoms with Crippen molar-refractivity contribution in [3.63, 3.8) is 0 Å². The Kier molecular flexibility index (Phi) is 8.59. The highest BCUT2D eigenvalue weighted by Gasteiger charge is 2.17. The van der Waals surface area contributed by atoms with Crippen molar-refractivity contribution in [2.45, 2.75) is 44.9 Å². The van der Waals surface area contributed by atoms with Gasteiger partial charge in [0, 0.05) is 23.8 Å². The number of benzene rings is 2. The Morgan fingerprint density at radius 2 is 1.58 bits per heavy atom. The predicted molar refractivity (Wildman–Crippen MR) is 139 cm³/mol. The number of fused-ring (bicyclic) bond motifs is 1. The predicted octanol–water partition coefficient (Wildman–Crippen LogP) is 5.31. The molecule has 1 aliphatic heterocycles. The molecule has 1 fully saturated rings. The third-order valence-corrected chi connectivity index (χ3v) is 6.63. The molecule has 0 saturated carbocycles. The molecule has 1 saturated heterocycles. The molecule has 36 heavy (non-hydrogen) atoms. The van der Waals surface area contributed by atoms with E-state index in [9.17, 15) is 15.0 Å². The van der Waals surface area contributed by atoms with Crippen LogP contribution in [-0.2, 0) is 0 Å². The Morgan fingerprint density at radius 3 is 2.28 bits per heavy atom. The van der Waals surface area contributed by atoms with Crippen molar-refractivity contribution in [1.29, 1.82) is 0 Å². The number of aromatic hydroxyl groups is 2. The third-order valence-electron chi connectivity index (χ3n) is 6.63. The molecule has 1 aromatic heterocycles. The van der Waals surface area contributed by atoms with E-state index in [1.807, 2.05) is 0 Å². The number of phenolic OH excluding ortho intramolecular Hbond substituents is 2. The van der Waals surface area contributed by atoms with Crippen molar-refractivity contribution < 1.29 is 28.8 Å². The maximum absolute atomic E-state index is 12.8. The van der Waals surface area contributed by atoms with E-state index in [0.717, 1.165) is 12.8 Å². The van der Waals surface area contributed by atoms with E-state index >= 15 is 0 Å². The SMILES string of the molecule is COc1cc(-c2cc(=O)c3c(O)cc(OCCCCCCN4CCCCC4)cc3o2)cc(OC)c1O. The van der Waals surface area contributed by atoms with Crippen LogP contribution in [0.1, 0.15) is 44.9 Å². The molecule has 2 heterocycles. The zero-order valence-corrected chi connectivity index (χ0v) is 21.0. The number of ether oxygens (including phenoxy) is 3. The van der Waals surface area contributed by atoms with Crippen LogP contribution < -0.4 is 19.6 Å². The first kappa shape index (κ1) is 25.7. The van der Waals surface area contributed by atoms with Crippen molar-refractivity contribution in [1.82, 2.24) is 4.90 Å². The summed E-state index contributed by atoms with van der Waals surface area (Å²) < 4.78 is 22.2. The van der Waals surface area contributed by atoms with Crippen LogP contribution in [0.15, 0.2) is 39.5 Å². The van der Waals surface area contributed by atoms with Crippen molar-refractivity contribution in [3.05, 3.63) is 40.6 Å². The molecule has 194 valence electrons. The first-order valence-corrected chi connectivity index (χ1v) is 12.6. The minimum Gasteiger partial charge on any atom is -0.507 e. The highest BCUT2D eigenvalue weighted by Crippen LogP contribution is 2.41. The number of methoxy groups -OCH3 is 2. The van der Waals surface area contributed by atoms with Gasteiger partial charge in [-0.05, 0) is 57.5 Å². The Morgan fingerprint density at radius 1 is 0.889 bits per heavy atom. The molecule has 4 rings (SSSR count). The summed E-state index contributed by atoms with van der Waals surface area (Å²) in [6, 6.07) is 7.45. The lowest BCUT2D eigenvalue weighted by Gasteiger charge is -2.26. The fourth-order valence-corrected chi connectivity index (χ4v) is 4.67. The number of likely N-dealkylation sites (tertiary alicyclic amines) is 1. The average Bonchev–Trinajstić information content (AvgIpc) is 2.88. The molecule has 2 aromatic carbocycles. The zero-order chi connectivity index (χ0) is 25.5. The first-order chi connectivity index (χ1) is 17.5. The van der Waals surface area contributed by atoms with Crippen LogP contribution in [0.25, 0.3) is 22.3 Å². The Bertz CT molecular complexity index is 1210. The number of phenols is 2. The maximum Gasteiger partial charge on any atom is 0.200 e. The van der Waals surface area contributed by atoms with Crippen LogP contribution in [0.2, 0.25) is 0 Å². The monoisotopic (exact) mass is 497 g/mol. The van der Waals surface area contributed by atoms with E-state index in [2.05, 4.69) is 4.90 Å². The number of hydrogen-bond acceptors (Lipinski definition) is 8. The standard InChI is InChI=1S/C28H35NO7/c1-33-25-14-19(15-26(34-2)28(25)32)23-18-22(31)27-21(30)16-20(17-24(27)36-23)35-13-9-4-3-6-10-29-11-7-5-8-12-29/h14-18,30,32H,3-13H2,1-2H3. The van der Waals surface area contributed by atoms with E-state index in [1.54, 1.807) is 18.2 Å². The van der Waals surface area contributed by atoms with Gasteiger partial charge in [0.05, 0.1) is 20.8 Å². The molecule has 8 nitrogen and oxygen atoms in total. The first-order valence-electron chi connectivity index (χ1n) is 12.6. The molecule has 8 heteroatoms. The molecule has 2 N–H and O–H groups in total. The quantitative estimate of drug-likeness (QED) is 0.344. The van der Waals surface area contributed by atoms with E-state index in [4.69, 9.17) is 18.6 Å². The Balaban J connectivity index is 1.42. The largest absolute Gasteiger partial charge is 0.507 e. The topological polar surface area (TPSA) is 102 Å². The summed E-state index contributed by atoms with van der Waals surface area (Å²) in [4.78, 5) is 15.3. The van der Waals surface area contributed by atoms with Crippen LogP contribution >= 0.6 is 0 Å². The summed E-state index contributed by atoms with van der Waals surface area (Å²) in [5, 5.41) is 20.7. The average molecular weight is 498 g/mol. The minimum atomic E-state index is -0.394. The van der Waals surface area contributed by atoms with Gasteiger partial charge in [-0.15, -0.1) is 0 Å². The third kappa shape index (κ3) is 6.05. The van der Waals surface area contributed by atoms with E-state index in [1.165, 1.54) is 78.1 Å². The van der Waals surface area contributed by atoms with Crippen LogP contribution in [-0.4, -0.2) is 55.6 Å². The summed E-state index contributed by atoms with van der Waals surface area (Å²) in [6.45, 7) is 4.17. The van der Waals surface area contributed by atoms with Gasteiger partial charge in [-0.2, -0.15) is 0 Å². The molecular weight excluding hydrogens is 462 g/mol. The maximum atomic E-state index is 12.8. The van der Waals surface area contributed by atoms with Gasteiger partial charge in [0.1, 0.15) is 28.2 Å². The molecule has 0 spiro atoms. The fraction of sp³-hybridized carbons (Fsp3) is 0.464. The number of rotatable bonds is 11. The van der Waals surface area contributed by atoms with E-state index < -0.39 is 5.43 Å². The molecule has 0 amide bonds. The van der Waals surface area contributed by atoms with Crippen LogP contribution in [0.5, 0.6) is 28.7 Å². The van der Waals surface area contributed by atoms with Crippen molar-refractivity contribution in [3.8, 4) is 40.1 Å². The van der Waals surface area contributed by atoms with Gasteiger partial charge < -0.3 is 33.7 Å². The molecule has 1 aliphatic rings. The minimum absolute atomic E-state index is 0.0847. The lowest BCUT2D eigenvalue weighted by molar-refractivity contribution is 0.223.